The van der Waals surface area contributed by atoms with E-state index < -0.39 is 0 Å². The number of amides is 1. The molecule has 5 nitrogen and oxygen atoms in total. The summed E-state index contributed by atoms with van der Waals surface area (Å²) >= 11 is 0. The molecule has 3 aliphatic rings. The molecule has 0 spiro atoms. The maximum atomic E-state index is 12.9. The molecular formula is C20H34N2O3. The van der Waals surface area contributed by atoms with Crippen LogP contribution in [0, 0.1) is 11.8 Å². The number of hydrogen-bond donors (Lipinski definition) is 0. The first kappa shape index (κ1) is 18.7. The van der Waals surface area contributed by atoms with Gasteiger partial charge in [-0.15, -0.1) is 0 Å². The van der Waals surface area contributed by atoms with Crippen LogP contribution in [0.15, 0.2) is 0 Å². The predicted molar refractivity (Wildman–Crippen MR) is 97.1 cm³/mol. The minimum absolute atomic E-state index is 0.160. The molecule has 0 radical (unpaired) electrons. The van der Waals surface area contributed by atoms with E-state index in [1.54, 1.807) is 0 Å². The minimum Gasteiger partial charge on any atom is -0.469 e. The van der Waals surface area contributed by atoms with Crippen molar-refractivity contribution < 1.29 is 14.3 Å². The third-order valence-corrected chi connectivity index (χ3v) is 6.62. The van der Waals surface area contributed by atoms with Crippen LogP contribution in [0.4, 0.5) is 0 Å². The Morgan fingerprint density at radius 2 is 1.88 bits per heavy atom. The number of piperidine rings is 3. The quantitative estimate of drug-likeness (QED) is 0.691. The monoisotopic (exact) mass is 350 g/mol. The van der Waals surface area contributed by atoms with E-state index in [4.69, 9.17) is 4.74 Å². The van der Waals surface area contributed by atoms with Crippen LogP contribution in [0.25, 0.3) is 0 Å². The van der Waals surface area contributed by atoms with Crippen molar-refractivity contribution in [3.8, 4) is 0 Å². The van der Waals surface area contributed by atoms with Crippen molar-refractivity contribution in [1.82, 2.24) is 9.80 Å². The summed E-state index contributed by atoms with van der Waals surface area (Å²) in [6.45, 7) is 5.61. The molecule has 142 valence electrons. The number of methoxy groups -OCH3 is 1. The van der Waals surface area contributed by atoms with Gasteiger partial charge in [0.1, 0.15) is 0 Å². The number of esters is 1. The fourth-order valence-corrected chi connectivity index (χ4v) is 5.52. The molecule has 0 aromatic heterocycles. The largest absolute Gasteiger partial charge is 0.469 e. The molecule has 0 aliphatic carbocycles. The lowest BCUT2D eigenvalue weighted by Crippen LogP contribution is -2.65. The number of rotatable bonds is 6. The highest BCUT2D eigenvalue weighted by Gasteiger charge is 2.49. The van der Waals surface area contributed by atoms with E-state index in [0.717, 1.165) is 13.0 Å². The van der Waals surface area contributed by atoms with Gasteiger partial charge in [-0.2, -0.15) is 0 Å². The van der Waals surface area contributed by atoms with Gasteiger partial charge in [0.25, 0.3) is 0 Å². The molecule has 3 rings (SSSR count). The van der Waals surface area contributed by atoms with Crippen molar-refractivity contribution in [3.05, 3.63) is 0 Å². The number of hydrogen-bond acceptors (Lipinski definition) is 4. The van der Waals surface area contributed by atoms with Gasteiger partial charge >= 0.3 is 5.97 Å². The van der Waals surface area contributed by atoms with Crippen LogP contribution in [0.3, 0.4) is 0 Å². The van der Waals surface area contributed by atoms with Gasteiger partial charge in [0.05, 0.1) is 13.5 Å². The molecule has 5 heteroatoms. The number of likely N-dealkylation sites (tertiary alicyclic amines) is 1. The van der Waals surface area contributed by atoms with Crippen LogP contribution in [0.5, 0.6) is 0 Å². The van der Waals surface area contributed by atoms with E-state index >= 15 is 0 Å². The number of nitrogens with zero attached hydrogens (tertiary/aromatic N) is 2. The van der Waals surface area contributed by atoms with Gasteiger partial charge in [-0.05, 0) is 57.0 Å². The van der Waals surface area contributed by atoms with Crippen molar-refractivity contribution in [2.24, 2.45) is 11.8 Å². The van der Waals surface area contributed by atoms with Crippen LogP contribution in [-0.4, -0.2) is 60.5 Å². The third-order valence-electron chi connectivity index (χ3n) is 6.62. The van der Waals surface area contributed by atoms with Gasteiger partial charge in [-0.1, -0.05) is 19.8 Å². The van der Waals surface area contributed by atoms with Gasteiger partial charge in [0.2, 0.25) is 5.91 Å². The Balaban J connectivity index is 1.75. The lowest BCUT2D eigenvalue weighted by Gasteiger charge is -2.57. The average Bonchev–Trinajstić information content (AvgIpc) is 2.65. The van der Waals surface area contributed by atoms with Gasteiger partial charge in [0.15, 0.2) is 0 Å². The second kappa shape index (κ2) is 8.52. The first-order valence-electron chi connectivity index (χ1n) is 10.3. The van der Waals surface area contributed by atoms with Crippen LogP contribution < -0.4 is 0 Å². The predicted octanol–water partition coefficient (Wildman–Crippen LogP) is 2.83. The van der Waals surface area contributed by atoms with E-state index in [1.807, 2.05) is 0 Å². The van der Waals surface area contributed by atoms with E-state index in [9.17, 15) is 9.59 Å². The number of ether oxygens (including phenoxy) is 1. The molecule has 1 amide bonds. The fraction of sp³-hybridized carbons (Fsp3) is 0.900. The molecule has 0 unspecified atom stereocenters. The van der Waals surface area contributed by atoms with Gasteiger partial charge in [0, 0.05) is 25.0 Å². The Hall–Kier alpha value is -1.10. The highest BCUT2D eigenvalue weighted by Crippen LogP contribution is 2.43. The van der Waals surface area contributed by atoms with Gasteiger partial charge in [-0.25, -0.2) is 0 Å². The van der Waals surface area contributed by atoms with Crippen LogP contribution in [0.2, 0.25) is 0 Å². The summed E-state index contributed by atoms with van der Waals surface area (Å²) in [5.74, 6) is 1.13. The summed E-state index contributed by atoms with van der Waals surface area (Å²) in [7, 11) is 1.39. The lowest BCUT2D eigenvalue weighted by atomic mass is 9.69. The molecule has 3 aliphatic heterocycles. The molecule has 0 N–H and O–H groups in total. The van der Waals surface area contributed by atoms with Crippen molar-refractivity contribution in [2.75, 3.05) is 26.7 Å². The molecular weight excluding hydrogens is 316 g/mol. The van der Waals surface area contributed by atoms with E-state index in [1.165, 1.54) is 58.7 Å². The van der Waals surface area contributed by atoms with E-state index in [-0.39, 0.29) is 18.3 Å². The zero-order valence-electron chi connectivity index (χ0n) is 15.9. The number of carbonyl (C=O) groups excluding carboxylic acids is 2. The molecule has 0 bridgehead atoms. The van der Waals surface area contributed by atoms with Crippen molar-refractivity contribution in [1.29, 1.82) is 0 Å². The minimum atomic E-state index is -0.283. The summed E-state index contributed by atoms with van der Waals surface area (Å²) in [5.41, 5.74) is 0. The molecule has 3 fully saturated rings. The lowest BCUT2D eigenvalue weighted by molar-refractivity contribution is -0.150. The standard InChI is InChI=1S/C20H34N2O3/c1-3-4-9-17-16-8-6-13-21-12-5-7-15(20(16)21)14-22(17)18(23)10-11-19(24)25-2/h15-17,20H,3-14H2,1-2H3/t15-,16+,17+,20-/m0/s1. The maximum absolute atomic E-state index is 12.9. The number of carbonyl (C=O) groups is 2. The zero-order valence-corrected chi connectivity index (χ0v) is 15.9. The Morgan fingerprint density at radius 3 is 2.60 bits per heavy atom. The van der Waals surface area contributed by atoms with Crippen molar-refractivity contribution in [2.45, 2.75) is 76.8 Å². The molecule has 0 aromatic rings. The highest BCUT2D eigenvalue weighted by molar-refractivity contribution is 5.81. The van der Waals surface area contributed by atoms with E-state index in [2.05, 4.69) is 16.7 Å². The summed E-state index contributed by atoms with van der Waals surface area (Å²) in [5, 5.41) is 0. The van der Waals surface area contributed by atoms with Gasteiger partial charge in [-0.3, -0.25) is 14.5 Å². The molecule has 0 aromatic carbocycles. The van der Waals surface area contributed by atoms with Gasteiger partial charge < -0.3 is 9.64 Å². The van der Waals surface area contributed by atoms with E-state index in [0.29, 0.717) is 30.3 Å². The molecule has 25 heavy (non-hydrogen) atoms. The topological polar surface area (TPSA) is 49.9 Å². The fourth-order valence-electron chi connectivity index (χ4n) is 5.52. The zero-order chi connectivity index (χ0) is 17.8. The average molecular weight is 351 g/mol. The third kappa shape index (κ3) is 4.02. The Bertz CT molecular complexity index is 480. The molecule has 3 heterocycles. The summed E-state index contributed by atoms with van der Waals surface area (Å²) in [6, 6.07) is 1.06. The molecule has 4 atom stereocenters. The van der Waals surface area contributed by atoms with Crippen LogP contribution in [0.1, 0.15) is 64.7 Å². The van der Waals surface area contributed by atoms with Crippen LogP contribution in [-0.2, 0) is 14.3 Å². The summed E-state index contributed by atoms with van der Waals surface area (Å²) in [4.78, 5) is 29.3. The Kier molecular flexibility index (Phi) is 6.37. The Morgan fingerprint density at radius 1 is 1.12 bits per heavy atom. The second-order valence-electron chi connectivity index (χ2n) is 8.07. The summed E-state index contributed by atoms with van der Waals surface area (Å²) in [6.07, 6.45) is 9.00. The first-order valence-corrected chi connectivity index (χ1v) is 10.3. The Labute approximate surface area is 152 Å². The number of unbranched alkanes of at least 4 members (excludes halogenated alkanes) is 1. The van der Waals surface area contributed by atoms with Crippen molar-refractivity contribution in [3.63, 3.8) is 0 Å². The van der Waals surface area contributed by atoms with Crippen molar-refractivity contribution >= 4 is 11.9 Å². The van der Waals surface area contributed by atoms with Crippen LogP contribution >= 0.6 is 0 Å². The molecule has 0 saturated carbocycles. The maximum Gasteiger partial charge on any atom is 0.306 e. The summed E-state index contributed by atoms with van der Waals surface area (Å²) < 4.78 is 4.71. The second-order valence-corrected chi connectivity index (χ2v) is 8.07. The highest BCUT2D eigenvalue weighted by atomic mass is 16.5. The SMILES string of the molecule is CCCC[C@@H]1[C@H]2CCCN3CCC[C@@H](CN1C(=O)CCC(=O)OC)[C@@H]23. The first-order chi connectivity index (χ1) is 12.2. The molecule has 3 saturated heterocycles. The normalized spacial score (nSPS) is 32.2. The smallest absolute Gasteiger partial charge is 0.306 e.